The van der Waals surface area contributed by atoms with Crippen molar-refractivity contribution in [3.05, 3.63) is 77.9 Å². The van der Waals surface area contributed by atoms with E-state index in [1.165, 1.54) is 6.08 Å². The molecule has 0 radical (unpaired) electrons. The van der Waals surface area contributed by atoms with Crippen LogP contribution in [0.1, 0.15) is 18.4 Å². The maximum Gasteiger partial charge on any atom is 0.345 e. The topological polar surface area (TPSA) is 66.5 Å². The highest BCUT2D eigenvalue weighted by Crippen LogP contribution is 2.43. The van der Waals surface area contributed by atoms with Crippen LogP contribution in [0.5, 0.6) is 0 Å². The first kappa shape index (κ1) is 19.9. The van der Waals surface area contributed by atoms with Gasteiger partial charge in [-0.05, 0) is 30.5 Å². The van der Waals surface area contributed by atoms with Crippen molar-refractivity contribution in [2.45, 2.75) is 25.3 Å². The minimum Gasteiger partial charge on any atom is -0.346 e. The van der Waals surface area contributed by atoms with E-state index in [4.69, 9.17) is 0 Å². The van der Waals surface area contributed by atoms with E-state index < -0.39 is 35.1 Å². The third-order valence-corrected chi connectivity index (χ3v) is 5.62. The van der Waals surface area contributed by atoms with Gasteiger partial charge in [-0.1, -0.05) is 54.6 Å². The van der Waals surface area contributed by atoms with Gasteiger partial charge in [0.2, 0.25) is 11.8 Å². The minimum atomic E-state index is -3.75. The Labute approximate surface area is 172 Å². The molecule has 1 heterocycles. The fourth-order valence-corrected chi connectivity index (χ4v) is 3.99. The average molecular weight is 410 g/mol. The number of amides is 3. The van der Waals surface area contributed by atoms with E-state index in [-0.39, 0.29) is 25.3 Å². The first-order valence-electron chi connectivity index (χ1n) is 9.72. The maximum absolute atomic E-state index is 14.8. The number of rotatable bonds is 5. The number of fused-ring (bicyclic) bond motifs is 1. The van der Waals surface area contributed by atoms with Crippen LogP contribution < -0.4 is 10.2 Å². The number of halogens is 2. The van der Waals surface area contributed by atoms with Gasteiger partial charge in [0, 0.05) is 12.1 Å². The Balaban J connectivity index is 1.48. The summed E-state index contributed by atoms with van der Waals surface area (Å²) in [5.41, 5.74) is 0.718. The number of nitrogens with one attached hydrogen (secondary N) is 1. The van der Waals surface area contributed by atoms with Gasteiger partial charge in [0.25, 0.3) is 5.91 Å². The molecular formula is C23H20F2N2O3. The van der Waals surface area contributed by atoms with Crippen LogP contribution in [-0.2, 0) is 20.9 Å². The number of carbonyl (C=O) groups is 3. The highest BCUT2D eigenvalue weighted by Gasteiger charge is 2.53. The zero-order valence-electron chi connectivity index (χ0n) is 16.1. The number of allylic oxidation sites excluding steroid dienone is 1. The van der Waals surface area contributed by atoms with Gasteiger partial charge in [0.15, 0.2) is 0 Å². The van der Waals surface area contributed by atoms with Crippen molar-refractivity contribution in [1.82, 2.24) is 5.32 Å². The molecule has 154 valence electrons. The number of hydrogen-bond donors (Lipinski definition) is 1. The summed E-state index contributed by atoms with van der Waals surface area (Å²) in [6.07, 6.45) is 0.933. The third-order valence-electron chi connectivity index (χ3n) is 5.62. The third kappa shape index (κ3) is 3.51. The number of hydrogen-bond acceptors (Lipinski definition) is 3. The number of benzene rings is 2. The van der Waals surface area contributed by atoms with Gasteiger partial charge in [-0.2, -0.15) is 8.78 Å². The number of carbonyl (C=O) groups excluding carboxylic acids is 3. The molecule has 1 aliphatic heterocycles. The Morgan fingerprint density at radius 1 is 0.967 bits per heavy atom. The van der Waals surface area contributed by atoms with Gasteiger partial charge in [0.05, 0.1) is 17.5 Å². The number of alkyl halides is 2. The smallest absolute Gasteiger partial charge is 0.345 e. The fraction of sp³-hybridized carbons (Fsp3) is 0.261. The summed E-state index contributed by atoms with van der Waals surface area (Å²) >= 11 is 0. The van der Waals surface area contributed by atoms with Crippen LogP contribution in [0.15, 0.2) is 72.3 Å². The molecule has 0 aromatic heterocycles. The van der Waals surface area contributed by atoms with Crippen LogP contribution >= 0.6 is 0 Å². The largest absolute Gasteiger partial charge is 0.346 e. The van der Waals surface area contributed by atoms with Crippen molar-refractivity contribution in [2.75, 3.05) is 4.90 Å². The summed E-state index contributed by atoms with van der Waals surface area (Å²) < 4.78 is 29.6. The van der Waals surface area contributed by atoms with Crippen molar-refractivity contribution >= 4 is 23.4 Å². The maximum atomic E-state index is 14.8. The zero-order valence-corrected chi connectivity index (χ0v) is 16.1. The molecule has 4 rings (SSSR count). The first-order valence-corrected chi connectivity index (χ1v) is 9.72. The van der Waals surface area contributed by atoms with Crippen molar-refractivity contribution < 1.29 is 23.2 Å². The van der Waals surface area contributed by atoms with Crippen molar-refractivity contribution in [1.29, 1.82) is 0 Å². The summed E-state index contributed by atoms with van der Waals surface area (Å²) in [4.78, 5) is 38.8. The molecule has 2 aliphatic rings. The molecule has 2 aromatic rings. The normalized spacial score (nSPS) is 21.3. The van der Waals surface area contributed by atoms with Gasteiger partial charge in [-0.15, -0.1) is 0 Å². The SMILES string of the molecule is O=C1C2CC=C(C(F)(F)C(=O)NCc3ccccc3)CC2C(=O)N1c1ccccc1. The van der Waals surface area contributed by atoms with Crippen molar-refractivity contribution in [2.24, 2.45) is 11.8 Å². The first-order chi connectivity index (χ1) is 14.4. The zero-order chi connectivity index (χ0) is 21.3. The fourth-order valence-electron chi connectivity index (χ4n) is 3.99. The number of nitrogens with zero attached hydrogens (tertiary/aromatic N) is 1. The van der Waals surface area contributed by atoms with Gasteiger partial charge >= 0.3 is 5.92 Å². The van der Waals surface area contributed by atoms with Crippen LogP contribution in [0.4, 0.5) is 14.5 Å². The average Bonchev–Trinajstić information content (AvgIpc) is 3.03. The standard InChI is InChI=1S/C23H20F2N2O3/c24-23(25,22(30)26-14-15-7-3-1-4-8-15)16-11-12-18-19(13-16)21(29)27(20(18)28)17-9-5-2-6-10-17/h1-11,18-19H,12-14H2,(H,26,30). The molecule has 2 atom stereocenters. The molecule has 1 aliphatic carbocycles. The molecule has 1 fully saturated rings. The second-order valence-electron chi connectivity index (χ2n) is 7.47. The van der Waals surface area contributed by atoms with Crippen LogP contribution in [0.3, 0.4) is 0 Å². The molecule has 0 bridgehead atoms. The Bertz CT molecular complexity index is 1010. The second-order valence-corrected chi connectivity index (χ2v) is 7.47. The summed E-state index contributed by atoms with van der Waals surface area (Å²) in [5.74, 6) is -7.60. The van der Waals surface area contributed by atoms with Crippen LogP contribution in [0.25, 0.3) is 0 Å². The van der Waals surface area contributed by atoms with E-state index in [0.717, 1.165) is 4.90 Å². The van der Waals surface area contributed by atoms with Crippen LogP contribution in [0, 0.1) is 11.8 Å². The lowest BCUT2D eigenvalue weighted by Gasteiger charge is -2.26. The number of para-hydroxylation sites is 1. The Kier molecular flexibility index (Phi) is 5.20. The predicted octanol–water partition coefficient (Wildman–Crippen LogP) is 3.46. The summed E-state index contributed by atoms with van der Waals surface area (Å²) in [5, 5.41) is 2.26. The van der Waals surface area contributed by atoms with Gasteiger partial charge in [0.1, 0.15) is 0 Å². The van der Waals surface area contributed by atoms with E-state index in [9.17, 15) is 23.2 Å². The molecule has 3 amide bonds. The van der Waals surface area contributed by atoms with E-state index in [2.05, 4.69) is 5.32 Å². The lowest BCUT2D eigenvalue weighted by molar-refractivity contribution is -0.141. The monoisotopic (exact) mass is 410 g/mol. The summed E-state index contributed by atoms with van der Waals surface area (Å²) in [6.45, 7) is -0.0200. The van der Waals surface area contributed by atoms with Gasteiger partial charge < -0.3 is 5.32 Å². The van der Waals surface area contributed by atoms with Crippen LogP contribution in [-0.4, -0.2) is 23.6 Å². The van der Waals surface area contributed by atoms with Crippen molar-refractivity contribution in [3.63, 3.8) is 0 Å². The molecule has 0 saturated carbocycles. The summed E-state index contributed by atoms with van der Waals surface area (Å²) in [6, 6.07) is 17.2. The van der Waals surface area contributed by atoms with Gasteiger partial charge in [-0.25, -0.2) is 0 Å². The summed E-state index contributed by atoms with van der Waals surface area (Å²) in [7, 11) is 0. The molecule has 2 aromatic carbocycles. The second kappa shape index (κ2) is 7.82. The lowest BCUT2D eigenvalue weighted by atomic mass is 9.79. The molecule has 7 heteroatoms. The Morgan fingerprint density at radius 3 is 2.23 bits per heavy atom. The Hall–Kier alpha value is -3.35. The molecule has 1 N–H and O–H groups in total. The van der Waals surface area contributed by atoms with Crippen molar-refractivity contribution in [3.8, 4) is 0 Å². The van der Waals surface area contributed by atoms with Crippen LogP contribution in [0.2, 0.25) is 0 Å². The highest BCUT2D eigenvalue weighted by atomic mass is 19.3. The van der Waals surface area contributed by atoms with E-state index in [0.29, 0.717) is 11.3 Å². The molecule has 1 saturated heterocycles. The van der Waals surface area contributed by atoms with E-state index in [1.54, 1.807) is 60.7 Å². The van der Waals surface area contributed by atoms with Gasteiger partial charge in [-0.3, -0.25) is 19.3 Å². The van der Waals surface area contributed by atoms with E-state index >= 15 is 0 Å². The number of anilines is 1. The molecular weight excluding hydrogens is 390 g/mol. The minimum absolute atomic E-state index is 0.00939. The number of imide groups is 1. The molecule has 30 heavy (non-hydrogen) atoms. The van der Waals surface area contributed by atoms with E-state index in [1.807, 2.05) is 0 Å². The lowest BCUT2D eigenvalue weighted by Crippen LogP contribution is -2.43. The predicted molar refractivity (Wildman–Crippen MR) is 106 cm³/mol. The molecule has 2 unspecified atom stereocenters. The Morgan fingerprint density at radius 2 is 1.57 bits per heavy atom. The quantitative estimate of drug-likeness (QED) is 0.606. The highest BCUT2D eigenvalue weighted by molar-refractivity contribution is 6.22. The molecule has 0 spiro atoms. The molecule has 5 nitrogen and oxygen atoms in total.